The number of hydrogen-bond donors (Lipinski definition) is 1. The summed E-state index contributed by atoms with van der Waals surface area (Å²) in [6, 6.07) is 0. The second-order valence-electron chi connectivity index (χ2n) is 6.19. The Labute approximate surface area is 118 Å². The van der Waals surface area contributed by atoms with Crippen LogP contribution in [0.25, 0.3) is 0 Å². The summed E-state index contributed by atoms with van der Waals surface area (Å²) in [7, 11) is 0. The molecule has 0 bridgehead atoms. The van der Waals surface area contributed by atoms with Gasteiger partial charge < -0.3 is 4.90 Å². The van der Waals surface area contributed by atoms with Gasteiger partial charge in [-0.05, 0) is 32.1 Å². The quantitative estimate of drug-likeness (QED) is 0.815. The maximum Gasteiger partial charge on any atom is 0.389 e. The molecule has 0 radical (unpaired) electrons. The monoisotopic (exact) mass is 294 g/mol. The van der Waals surface area contributed by atoms with Crippen molar-refractivity contribution in [2.24, 2.45) is 5.92 Å². The van der Waals surface area contributed by atoms with E-state index in [9.17, 15) is 18.0 Å². The third-order valence-corrected chi connectivity index (χ3v) is 3.86. The fraction of sp³-hybridized carbons (Fsp3) is 0.929. The molecule has 6 heteroatoms. The lowest BCUT2D eigenvalue weighted by atomic mass is 9.99. The first-order valence-corrected chi connectivity index (χ1v) is 7.24. The zero-order chi connectivity index (χ0) is 15.6. The van der Waals surface area contributed by atoms with Crippen LogP contribution in [-0.2, 0) is 4.79 Å². The maximum atomic E-state index is 12.4. The minimum absolute atomic E-state index is 0.0364. The van der Waals surface area contributed by atoms with Gasteiger partial charge in [0.1, 0.15) is 0 Å². The van der Waals surface area contributed by atoms with Crippen molar-refractivity contribution in [1.29, 1.82) is 0 Å². The van der Waals surface area contributed by atoms with Gasteiger partial charge in [0.25, 0.3) is 0 Å². The molecule has 2 unspecified atom stereocenters. The number of amides is 1. The molecule has 0 aromatic heterocycles. The topological polar surface area (TPSA) is 32.3 Å². The Morgan fingerprint density at radius 3 is 2.45 bits per heavy atom. The molecule has 0 spiro atoms. The van der Waals surface area contributed by atoms with Crippen LogP contribution in [0.5, 0.6) is 0 Å². The molecule has 1 heterocycles. The van der Waals surface area contributed by atoms with Gasteiger partial charge >= 0.3 is 6.18 Å². The number of halogens is 3. The highest BCUT2D eigenvalue weighted by Crippen LogP contribution is 2.28. The summed E-state index contributed by atoms with van der Waals surface area (Å²) in [5, 5.41) is 3.29. The molecule has 118 valence electrons. The van der Waals surface area contributed by atoms with E-state index in [-0.39, 0.29) is 25.0 Å². The Bertz CT molecular complexity index is 344. The van der Waals surface area contributed by atoms with Gasteiger partial charge in [-0.15, -0.1) is 0 Å². The largest absolute Gasteiger partial charge is 0.389 e. The van der Waals surface area contributed by atoms with Crippen molar-refractivity contribution >= 4 is 5.91 Å². The highest BCUT2D eigenvalue weighted by atomic mass is 19.4. The minimum Gasteiger partial charge on any atom is -0.326 e. The van der Waals surface area contributed by atoms with Crippen LogP contribution in [0.2, 0.25) is 0 Å². The number of carbonyl (C=O) groups excluding carboxylic acids is 1. The molecule has 3 nitrogen and oxygen atoms in total. The van der Waals surface area contributed by atoms with E-state index in [1.165, 1.54) is 0 Å². The zero-order valence-corrected chi connectivity index (χ0v) is 12.7. The second kappa shape index (κ2) is 6.33. The number of alkyl halides is 3. The van der Waals surface area contributed by atoms with Gasteiger partial charge in [0.15, 0.2) is 0 Å². The Morgan fingerprint density at radius 1 is 1.40 bits per heavy atom. The molecule has 1 aliphatic heterocycles. The fourth-order valence-corrected chi connectivity index (χ4v) is 2.56. The molecule has 0 aliphatic carbocycles. The predicted molar refractivity (Wildman–Crippen MR) is 72.1 cm³/mol. The first-order chi connectivity index (χ1) is 9.09. The van der Waals surface area contributed by atoms with E-state index in [1.54, 1.807) is 4.90 Å². The highest BCUT2D eigenvalue weighted by molar-refractivity contribution is 5.88. The predicted octanol–water partition coefficient (Wildman–Crippen LogP) is 3.30. The normalized spacial score (nSPS) is 27.7. The Morgan fingerprint density at radius 2 is 2.00 bits per heavy atom. The SMILES string of the molecule is CCC1(C)NC(CC(C)C)N(CCCC(F)(F)F)C1=O. The Kier molecular flexibility index (Phi) is 5.46. The van der Waals surface area contributed by atoms with E-state index in [2.05, 4.69) is 5.32 Å². The molecule has 1 aliphatic rings. The summed E-state index contributed by atoms with van der Waals surface area (Å²) >= 11 is 0. The number of rotatable bonds is 6. The van der Waals surface area contributed by atoms with Crippen LogP contribution in [-0.4, -0.2) is 35.2 Å². The summed E-state index contributed by atoms with van der Waals surface area (Å²) in [5.41, 5.74) is -0.641. The van der Waals surface area contributed by atoms with E-state index in [0.717, 1.165) is 6.42 Å². The van der Waals surface area contributed by atoms with Crippen molar-refractivity contribution in [3.05, 3.63) is 0 Å². The lowest BCUT2D eigenvalue weighted by molar-refractivity contribution is -0.141. The molecule has 0 aromatic rings. The van der Waals surface area contributed by atoms with Gasteiger partial charge in [-0.25, -0.2) is 0 Å². The van der Waals surface area contributed by atoms with Crippen LogP contribution in [0.15, 0.2) is 0 Å². The lowest BCUT2D eigenvalue weighted by Gasteiger charge is -2.25. The van der Waals surface area contributed by atoms with E-state index >= 15 is 0 Å². The van der Waals surface area contributed by atoms with Crippen LogP contribution in [0, 0.1) is 5.92 Å². The Hall–Kier alpha value is -0.780. The first kappa shape index (κ1) is 17.3. The van der Waals surface area contributed by atoms with Crippen molar-refractivity contribution in [3.63, 3.8) is 0 Å². The third-order valence-electron chi connectivity index (χ3n) is 3.86. The van der Waals surface area contributed by atoms with Gasteiger partial charge in [-0.2, -0.15) is 13.2 Å². The van der Waals surface area contributed by atoms with E-state index in [0.29, 0.717) is 12.3 Å². The summed E-state index contributed by atoms with van der Waals surface area (Å²) < 4.78 is 36.7. The van der Waals surface area contributed by atoms with E-state index in [1.807, 2.05) is 27.7 Å². The molecular weight excluding hydrogens is 269 g/mol. The lowest BCUT2D eigenvalue weighted by Crippen LogP contribution is -2.44. The molecule has 2 atom stereocenters. The maximum absolute atomic E-state index is 12.4. The molecule has 20 heavy (non-hydrogen) atoms. The first-order valence-electron chi connectivity index (χ1n) is 7.24. The molecule has 0 aromatic carbocycles. The third kappa shape index (κ3) is 4.36. The molecule has 0 saturated carbocycles. The van der Waals surface area contributed by atoms with E-state index < -0.39 is 18.1 Å². The number of nitrogens with one attached hydrogen (secondary N) is 1. The summed E-state index contributed by atoms with van der Waals surface area (Å²) in [5.74, 6) is 0.303. The fourth-order valence-electron chi connectivity index (χ4n) is 2.56. The van der Waals surface area contributed by atoms with Crippen LogP contribution in [0.3, 0.4) is 0 Å². The zero-order valence-electron chi connectivity index (χ0n) is 12.7. The minimum atomic E-state index is -4.15. The van der Waals surface area contributed by atoms with Gasteiger partial charge in [0.05, 0.1) is 11.7 Å². The van der Waals surface area contributed by atoms with E-state index in [4.69, 9.17) is 0 Å². The molecule has 1 fully saturated rings. The van der Waals surface area contributed by atoms with Crippen molar-refractivity contribution in [2.75, 3.05) is 6.54 Å². The number of carbonyl (C=O) groups is 1. The smallest absolute Gasteiger partial charge is 0.326 e. The summed E-state index contributed by atoms with van der Waals surface area (Å²) in [6.45, 7) is 7.99. The summed E-state index contributed by atoms with van der Waals surface area (Å²) in [4.78, 5) is 14.0. The molecular formula is C14H25F3N2O. The van der Waals surface area contributed by atoms with Crippen molar-refractivity contribution in [3.8, 4) is 0 Å². The van der Waals surface area contributed by atoms with Crippen molar-refractivity contribution < 1.29 is 18.0 Å². The second-order valence-corrected chi connectivity index (χ2v) is 6.19. The van der Waals surface area contributed by atoms with Gasteiger partial charge in [-0.3, -0.25) is 10.1 Å². The van der Waals surface area contributed by atoms with Crippen molar-refractivity contribution in [1.82, 2.24) is 10.2 Å². The van der Waals surface area contributed by atoms with Crippen molar-refractivity contribution in [2.45, 2.75) is 71.3 Å². The Balaban J connectivity index is 2.70. The van der Waals surface area contributed by atoms with Gasteiger partial charge in [0.2, 0.25) is 5.91 Å². The standard InChI is InChI=1S/C14H25F3N2O/c1-5-13(4)12(20)19(8-6-7-14(15,16)17)11(18-13)9-10(2)3/h10-11,18H,5-9H2,1-4H3. The highest BCUT2D eigenvalue weighted by Gasteiger charge is 2.46. The molecule has 1 rings (SSSR count). The van der Waals surface area contributed by atoms with Crippen LogP contribution in [0.4, 0.5) is 13.2 Å². The molecule has 1 amide bonds. The number of nitrogens with zero attached hydrogens (tertiary/aromatic N) is 1. The summed E-state index contributed by atoms with van der Waals surface area (Å²) in [6.07, 6.45) is -3.79. The van der Waals surface area contributed by atoms with Crippen LogP contribution in [0.1, 0.15) is 53.4 Å². The molecule has 1 saturated heterocycles. The van der Waals surface area contributed by atoms with Gasteiger partial charge in [0, 0.05) is 13.0 Å². The number of hydrogen-bond acceptors (Lipinski definition) is 2. The van der Waals surface area contributed by atoms with Gasteiger partial charge in [-0.1, -0.05) is 20.8 Å². The molecule has 1 N–H and O–H groups in total. The average molecular weight is 294 g/mol. The average Bonchev–Trinajstić information content (AvgIpc) is 2.52. The van der Waals surface area contributed by atoms with Crippen LogP contribution >= 0.6 is 0 Å². The van der Waals surface area contributed by atoms with Crippen LogP contribution < -0.4 is 5.32 Å².